The average Bonchev–Trinajstić information content (AvgIpc) is 3.08. The first-order valence-electron chi connectivity index (χ1n) is 12.0. The van der Waals surface area contributed by atoms with Crippen molar-refractivity contribution in [3.8, 4) is 0 Å². The lowest BCUT2D eigenvalue weighted by Crippen LogP contribution is -2.48. The Morgan fingerprint density at radius 2 is 1.74 bits per heavy atom. The monoisotopic (exact) mass is 426 g/mol. The van der Waals surface area contributed by atoms with Gasteiger partial charge in [0.15, 0.2) is 0 Å². The van der Waals surface area contributed by atoms with Crippen molar-refractivity contribution in [1.29, 1.82) is 0 Å². The molecule has 3 unspecified atom stereocenters. The lowest BCUT2D eigenvalue weighted by Gasteiger charge is -2.39. The molecule has 2 bridgehead atoms. The van der Waals surface area contributed by atoms with Crippen molar-refractivity contribution >= 4 is 17.7 Å². The molecule has 0 aromatic heterocycles. The van der Waals surface area contributed by atoms with Gasteiger partial charge in [-0.2, -0.15) is 0 Å². The third-order valence-corrected chi connectivity index (χ3v) is 8.87. The molecule has 0 heterocycles. The maximum absolute atomic E-state index is 13.2. The van der Waals surface area contributed by atoms with E-state index in [-0.39, 0.29) is 41.5 Å². The van der Waals surface area contributed by atoms with Crippen LogP contribution in [0.25, 0.3) is 0 Å². The maximum atomic E-state index is 13.2. The van der Waals surface area contributed by atoms with Crippen LogP contribution in [0.4, 0.5) is 10.5 Å². The number of esters is 1. The summed E-state index contributed by atoms with van der Waals surface area (Å²) in [6.07, 6.45) is 8.56. The molecule has 5 nitrogen and oxygen atoms in total. The first-order chi connectivity index (χ1) is 14.7. The van der Waals surface area contributed by atoms with Gasteiger partial charge in [0, 0.05) is 17.1 Å². The van der Waals surface area contributed by atoms with Gasteiger partial charge in [0.25, 0.3) is 0 Å². The second kappa shape index (κ2) is 8.48. The summed E-state index contributed by atoms with van der Waals surface area (Å²) in [6, 6.07) is 7.66. The summed E-state index contributed by atoms with van der Waals surface area (Å²) >= 11 is 0. The van der Waals surface area contributed by atoms with Crippen LogP contribution in [0.1, 0.15) is 77.7 Å². The van der Waals surface area contributed by atoms with Crippen LogP contribution in [-0.2, 0) is 9.53 Å². The minimum Gasteiger partial charge on any atom is -0.460 e. The zero-order chi connectivity index (χ0) is 22.2. The van der Waals surface area contributed by atoms with Gasteiger partial charge in [-0.05, 0) is 62.5 Å². The normalized spacial score (nSPS) is 29.5. The summed E-state index contributed by atoms with van der Waals surface area (Å²) in [6.45, 7) is 8.97. The highest BCUT2D eigenvalue weighted by Crippen LogP contribution is 2.66. The Kier molecular flexibility index (Phi) is 6.06. The first kappa shape index (κ1) is 22.2. The number of aryl methyl sites for hydroxylation is 1. The number of fused-ring (bicyclic) bond motifs is 2. The number of rotatable bonds is 5. The van der Waals surface area contributed by atoms with Crippen molar-refractivity contribution in [2.24, 2.45) is 16.7 Å². The largest absolute Gasteiger partial charge is 0.460 e. The van der Waals surface area contributed by atoms with Crippen molar-refractivity contribution in [3.63, 3.8) is 0 Å². The molecule has 3 aliphatic carbocycles. The number of ether oxygens (including phenoxy) is 1. The van der Waals surface area contributed by atoms with E-state index in [1.165, 1.54) is 12.8 Å². The van der Waals surface area contributed by atoms with E-state index < -0.39 is 0 Å². The van der Waals surface area contributed by atoms with Crippen LogP contribution in [0.5, 0.6) is 0 Å². The van der Waals surface area contributed by atoms with Gasteiger partial charge in [-0.3, -0.25) is 4.79 Å². The van der Waals surface area contributed by atoms with Crippen LogP contribution in [0.2, 0.25) is 0 Å². The quantitative estimate of drug-likeness (QED) is 0.595. The Balaban J connectivity index is 1.44. The van der Waals surface area contributed by atoms with Crippen molar-refractivity contribution in [1.82, 2.24) is 4.90 Å². The van der Waals surface area contributed by atoms with E-state index in [4.69, 9.17) is 4.74 Å². The fourth-order valence-electron chi connectivity index (χ4n) is 6.24. The minimum atomic E-state index is -0.265. The third kappa shape index (κ3) is 4.20. The first-order valence-corrected chi connectivity index (χ1v) is 12.0. The number of carbonyl (C=O) groups is 2. The molecule has 1 N–H and O–H groups in total. The van der Waals surface area contributed by atoms with Gasteiger partial charge in [0.1, 0.15) is 12.6 Å². The number of anilines is 1. The van der Waals surface area contributed by atoms with E-state index in [0.717, 1.165) is 49.8 Å². The second-order valence-corrected chi connectivity index (χ2v) is 10.8. The molecule has 1 aromatic carbocycles. The lowest BCUT2D eigenvalue weighted by molar-refractivity contribution is -0.158. The second-order valence-electron chi connectivity index (χ2n) is 10.8. The summed E-state index contributed by atoms with van der Waals surface area (Å²) in [5, 5.41) is 2.99. The highest BCUT2D eigenvalue weighted by Gasteiger charge is 2.62. The van der Waals surface area contributed by atoms with E-state index in [1.54, 1.807) is 4.90 Å². The number of nitrogens with zero attached hydrogens (tertiary/aromatic N) is 1. The fraction of sp³-hybridized carbons (Fsp3) is 0.692. The van der Waals surface area contributed by atoms with Gasteiger partial charge in [0.2, 0.25) is 0 Å². The highest BCUT2D eigenvalue weighted by molar-refractivity contribution is 5.91. The predicted octanol–water partition coefficient (Wildman–Crippen LogP) is 5.92. The van der Waals surface area contributed by atoms with E-state index >= 15 is 0 Å². The topological polar surface area (TPSA) is 58.6 Å². The minimum absolute atomic E-state index is 0.0278. The van der Waals surface area contributed by atoms with Crippen molar-refractivity contribution in [2.75, 3.05) is 11.9 Å². The maximum Gasteiger partial charge on any atom is 0.326 e. The van der Waals surface area contributed by atoms with Gasteiger partial charge in [-0.1, -0.05) is 57.7 Å². The Bertz CT molecular complexity index is 812. The molecule has 3 aliphatic rings. The number of urea groups is 1. The highest BCUT2D eigenvalue weighted by atomic mass is 16.5. The molecule has 0 saturated heterocycles. The predicted molar refractivity (Wildman–Crippen MR) is 123 cm³/mol. The number of benzene rings is 1. The number of hydrogen-bond donors (Lipinski definition) is 1. The van der Waals surface area contributed by atoms with Gasteiger partial charge in [-0.15, -0.1) is 0 Å². The molecule has 3 fully saturated rings. The van der Waals surface area contributed by atoms with Gasteiger partial charge in [0.05, 0.1) is 0 Å². The number of carbonyl (C=O) groups excluding carboxylic acids is 2. The summed E-state index contributed by atoms with van der Waals surface area (Å²) in [7, 11) is 0. The third-order valence-electron chi connectivity index (χ3n) is 8.87. The van der Waals surface area contributed by atoms with E-state index in [2.05, 4.69) is 26.1 Å². The standard InChI is InChI=1S/C26H38N2O3/c1-18-10-12-20(13-11-18)27-24(30)28(21-8-6-5-7-9-21)17-23(29)31-22-16-19-14-15-26(22,4)25(19,2)3/h10-13,19,21-22H,5-9,14-17H2,1-4H3,(H,27,30). The van der Waals surface area contributed by atoms with Crippen LogP contribution >= 0.6 is 0 Å². The molecule has 1 aromatic rings. The number of nitrogens with one attached hydrogen (secondary N) is 1. The molecule has 4 rings (SSSR count). The molecule has 2 amide bonds. The summed E-state index contributed by atoms with van der Waals surface area (Å²) in [4.78, 5) is 27.9. The molecule has 0 radical (unpaired) electrons. The number of amides is 2. The Hall–Kier alpha value is -2.04. The molecule has 31 heavy (non-hydrogen) atoms. The fourth-order valence-corrected chi connectivity index (χ4v) is 6.24. The molecule has 0 spiro atoms. The summed E-state index contributed by atoms with van der Waals surface area (Å²) < 4.78 is 6.06. The van der Waals surface area contributed by atoms with Gasteiger partial charge in [-0.25, -0.2) is 4.79 Å². The zero-order valence-corrected chi connectivity index (χ0v) is 19.6. The smallest absolute Gasteiger partial charge is 0.326 e. The molecular formula is C26H38N2O3. The Morgan fingerprint density at radius 1 is 1.06 bits per heavy atom. The molecule has 0 aliphatic heterocycles. The lowest BCUT2D eigenvalue weighted by atomic mass is 9.70. The van der Waals surface area contributed by atoms with Crippen LogP contribution < -0.4 is 5.32 Å². The zero-order valence-electron chi connectivity index (χ0n) is 19.6. The van der Waals surface area contributed by atoms with Crippen LogP contribution in [0.15, 0.2) is 24.3 Å². The van der Waals surface area contributed by atoms with E-state index in [9.17, 15) is 9.59 Å². The summed E-state index contributed by atoms with van der Waals surface area (Å²) in [5.74, 6) is 0.355. The molecule has 5 heteroatoms. The molecule has 3 atom stereocenters. The molecule has 3 saturated carbocycles. The van der Waals surface area contributed by atoms with Crippen molar-refractivity contribution < 1.29 is 14.3 Å². The van der Waals surface area contributed by atoms with Crippen molar-refractivity contribution in [3.05, 3.63) is 29.8 Å². The average molecular weight is 427 g/mol. The Morgan fingerprint density at radius 3 is 2.32 bits per heavy atom. The SMILES string of the molecule is Cc1ccc(NC(=O)N(CC(=O)OC2CC3CCC2(C)C3(C)C)C2CCCCC2)cc1. The number of hydrogen-bond acceptors (Lipinski definition) is 3. The van der Waals surface area contributed by atoms with Gasteiger partial charge < -0.3 is 15.0 Å². The van der Waals surface area contributed by atoms with Crippen LogP contribution in [0, 0.1) is 23.7 Å². The Labute approximate surface area is 186 Å². The van der Waals surface area contributed by atoms with E-state index in [1.807, 2.05) is 31.2 Å². The van der Waals surface area contributed by atoms with E-state index in [0.29, 0.717) is 5.92 Å². The molecule has 170 valence electrons. The summed E-state index contributed by atoms with van der Waals surface area (Å²) in [5.41, 5.74) is 2.14. The van der Waals surface area contributed by atoms with Gasteiger partial charge >= 0.3 is 12.0 Å². The van der Waals surface area contributed by atoms with Crippen LogP contribution in [0.3, 0.4) is 0 Å². The van der Waals surface area contributed by atoms with Crippen LogP contribution in [-0.4, -0.2) is 35.6 Å². The molecular weight excluding hydrogens is 388 g/mol. The van der Waals surface area contributed by atoms with Crippen molar-refractivity contribution in [2.45, 2.75) is 91.2 Å².